The van der Waals surface area contributed by atoms with Crippen molar-refractivity contribution in [2.45, 2.75) is 76.8 Å². The number of aromatic nitrogens is 2. The van der Waals surface area contributed by atoms with E-state index in [-0.39, 0.29) is 25.6 Å². The van der Waals surface area contributed by atoms with Gasteiger partial charge in [0.25, 0.3) is 5.92 Å². The summed E-state index contributed by atoms with van der Waals surface area (Å²) in [5.41, 5.74) is 2.70. The number of rotatable bonds is 8. The van der Waals surface area contributed by atoms with E-state index in [1.54, 1.807) is 25.7 Å². The summed E-state index contributed by atoms with van der Waals surface area (Å²) in [5.74, 6) is -2.50. The maximum Gasteiger partial charge on any atom is 0.410 e. The summed E-state index contributed by atoms with van der Waals surface area (Å²) in [7, 11) is 0. The van der Waals surface area contributed by atoms with E-state index >= 15 is 0 Å². The van der Waals surface area contributed by atoms with Gasteiger partial charge < -0.3 is 28.9 Å². The Morgan fingerprint density at radius 2 is 1.67 bits per heavy atom. The standard InChI is InChI=1S/C41H45F2N7O5/c1-40(2,3)55-39(52)50-27-41(42,43)22-31(50)26-53-37-45-34-24-47(35-15-9-13-29-12-7-8-14-32(29)35)19-17-33(34)36(46-37)48-20-21-49(30(23-48)16-18-44)38(51)54-25-28-10-5-4-6-11-28/h4-15,30-31H,16-17,19-27H2,1-3H3. The van der Waals surface area contributed by atoms with Crippen LogP contribution in [0.4, 0.5) is 29.9 Å². The normalized spacial score (nSPS) is 19.5. The molecule has 0 radical (unpaired) electrons. The number of carbonyl (C=O) groups is 2. The van der Waals surface area contributed by atoms with Crippen LogP contribution in [0.1, 0.15) is 50.4 Å². The Bertz CT molecular complexity index is 2070. The van der Waals surface area contributed by atoms with Gasteiger partial charge >= 0.3 is 18.2 Å². The summed E-state index contributed by atoms with van der Waals surface area (Å²) in [5, 5.41) is 12.0. The van der Waals surface area contributed by atoms with Crippen molar-refractivity contribution in [3.63, 3.8) is 0 Å². The average Bonchev–Trinajstić information content (AvgIpc) is 3.49. The second-order valence-corrected chi connectivity index (χ2v) is 15.3. The van der Waals surface area contributed by atoms with Crippen LogP contribution in [0.15, 0.2) is 72.8 Å². The SMILES string of the molecule is CC(C)(C)OC(=O)N1CC(F)(F)CC1COc1nc2c(c(N3CCN(C(=O)OCc4ccccc4)C(CC#N)C3)n1)CCN(c1cccc3ccccc13)C2. The predicted octanol–water partition coefficient (Wildman–Crippen LogP) is 6.96. The maximum absolute atomic E-state index is 14.7. The van der Waals surface area contributed by atoms with Gasteiger partial charge in [-0.15, -0.1) is 0 Å². The van der Waals surface area contributed by atoms with Crippen molar-refractivity contribution in [2.24, 2.45) is 0 Å². The number of nitriles is 1. The van der Waals surface area contributed by atoms with Crippen LogP contribution >= 0.6 is 0 Å². The summed E-state index contributed by atoms with van der Waals surface area (Å²) in [6.45, 7) is 6.26. The number of alkyl halides is 2. The molecule has 3 aliphatic heterocycles. The van der Waals surface area contributed by atoms with Crippen molar-refractivity contribution >= 4 is 34.5 Å². The molecule has 3 aromatic carbocycles. The van der Waals surface area contributed by atoms with Gasteiger partial charge in [-0.3, -0.25) is 4.90 Å². The van der Waals surface area contributed by atoms with E-state index in [1.165, 1.54) is 0 Å². The molecule has 2 unspecified atom stereocenters. The monoisotopic (exact) mass is 753 g/mol. The fraction of sp³-hybridized carbons (Fsp3) is 0.439. The molecule has 2 amide bonds. The van der Waals surface area contributed by atoms with Gasteiger partial charge in [0, 0.05) is 49.2 Å². The first-order valence-electron chi connectivity index (χ1n) is 18.6. The molecule has 0 spiro atoms. The maximum atomic E-state index is 14.7. The van der Waals surface area contributed by atoms with Crippen LogP contribution in [-0.2, 0) is 29.0 Å². The molecule has 4 aromatic rings. The third-order valence-corrected chi connectivity index (χ3v) is 10.1. The highest BCUT2D eigenvalue weighted by molar-refractivity contribution is 5.94. The quantitative estimate of drug-likeness (QED) is 0.187. The van der Waals surface area contributed by atoms with E-state index in [9.17, 15) is 23.6 Å². The van der Waals surface area contributed by atoms with E-state index in [0.29, 0.717) is 45.0 Å². The minimum atomic E-state index is -3.11. The second kappa shape index (κ2) is 15.6. The summed E-state index contributed by atoms with van der Waals surface area (Å²) in [6.07, 6.45) is -1.22. The Morgan fingerprint density at radius 3 is 2.45 bits per heavy atom. The lowest BCUT2D eigenvalue weighted by molar-refractivity contribution is -0.00277. The molecule has 2 fully saturated rings. The molecular weight excluding hydrogens is 708 g/mol. The lowest BCUT2D eigenvalue weighted by Gasteiger charge is -2.42. The first-order valence-corrected chi connectivity index (χ1v) is 18.6. The molecule has 14 heteroatoms. The Kier molecular flexibility index (Phi) is 10.6. The zero-order chi connectivity index (χ0) is 38.7. The Morgan fingerprint density at radius 1 is 0.909 bits per heavy atom. The summed E-state index contributed by atoms with van der Waals surface area (Å²) in [4.78, 5) is 42.9. The molecule has 12 nitrogen and oxygen atoms in total. The van der Waals surface area contributed by atoms with Crippen molar-refractivity contribution in [2.75, 3.05) is 49.1 Å². The highest BCUT2D eigenvalue weighted by atomic mass is 19.3. The van der Waals surface area contributed by atoms with E-state index in [0.717, 1.165) is 38.2 Å². The van der Waals surface area contributed by atoms with Crippen LogP contribution < -0.4 is 14.5 Å². The third-order valence-electron chi connectivity index (χ3n) is 10.1. The van der Waals surface area contributed by atoms with Gasteiger partial charge in [-0.05, 0) is 44.2 Å². The number of piperazine rings is 1. The lowest BCUT2D eigenvalue weighted by atomic mass is 10.0. The number of nitrogens with zero attached hydrogens (tertiary/aromatic N) is 7. The second-order valence-electron chi connectivity index (χ2n) is 15.3. The average molecular weight is 754 g/mol. The molecule has 2 saturated heterocycles. The van der Waals surface area contributed by atoms with Crippen LogP contribution in [0.2, 0.25) is 0 Å². The Balaban J connectivity index is 1.16. The first kappa shape index (κ1) is 37.6. The number of hydrogen-bond acceptors (Lipinski definition) is 10. The number of ether oxygens (including phenoxy) is 3. The number of amides is 2. The van der Waals surface area contributed by atoms with Gasteiger partial charge in [0.1, 0.15) is 24.6 Å². The highest BCUT2D eigenvalue weighted by Gasteiger charge is 2.48. The zero-order valence-corrected chi connectivity index (χ0v) is 31.3. The lowest BCUT2D eigenvalue weighted by Crippen LogP contribution is -2.55. The number of fused-ring (bicyclic) bond motifs is 2. The van der Waals surface area contributed by atoms with Crippen molar-refractivity contribution in [1.29, 1.82) is 5.26 Å². The predicted molar refractivity (Wildman–Crippen MR) is 202 cm³/mol. The van der Waals surface area contributed by atoms with Crippen LogP contribution in [0, 0.1) is 11.3 Å². The number of carbonyl (C=O) groups excluding carboxylic acids is 2. The third kappa shape index (κ3) is 8.66. The molecule has 55 heavy (non-hydrogen) atoms. The minimum absolute atomic E-state index is 0.00518. The van der Waals surface area contributed by atoms with Crippen LogP contribution in [0.25, 0.3) is 10.8 Å². The van der Waals surface area contributed by atoms with Gasteiger partial charge in [-0.1, -0.05) is 66.7 Å². The molecule has 1 aromatic heterocycles. The van der Waals surface area contributed by atoms with Crippen LogP contribution in [-0.4, -0.2) is 94.9 Å². The number of hydrogen-bond donors (Lipinski definition) is 0. The van der Waals surface area contributed by atoms with Gasteiger partial charge in [-0.2, -0.15) is 15.2 Å². The van der Waals surface area contributed by atoms with Crippen molar-refractivity contribution in [3.8, 4) is 12.1 Å². The summed E-state index contributed by atoms with van der Waals surface area (Å²) in [6, 6.07) is 24.5. The highest BCUT2D eigenvalue weighted by Crippen LogP contribution is 2.36. The topological polar surface area (TPSA) is 124 Å². The first-order chi connectivity index (χ1) is 26.4. The summed E-state index contributed by atoms with van der Waals surface area (Å²) >= 11 is 0. The van der Waals surface area contributed by atoms with E-state index < -0.39 is 48.8 Å². The Hall–Kier alpha value is -5.71. The molecule has 4 heterocycles. The van der Waals surface area contributed by atoms with Gasteiger partial charge in [0.15, 0.2) is 0 Å². The molecule has 0 bridgehead atoms. The molecule has 0 N–H and O–H groups in total. The van der Waals surface area contributed by atoms with Crippen LogP contribution in [0.3, 0.4) is 0 Å². The smallest absolute Gasteiger partial charge is 0.410 e. The molecule has 0 saturated carbocycles. The minimum Gasteiger partial charge on any atom is -0.461 e. The van der Waals surface area contributed by atoms with Crippen molar-refractivity contribution in [1.82, 2.24) is 19.8 Å². The largest absolute Gasteiger partial charge is 0.461 e. The zero-order valence-electron chi connectivity index (χ0n) is 31.3. The van der Waals surface area contributed by atoms with Crippen molar-refractivity contribution in [3.05, 3.63) is 89.6 Å². The van der Waals surface area contributed by atoms with Crippen LogP contribution in [0.5, 0.6) is 6.01 Å². The number of benzene rings is 3. The van der Waals surface area contributed by atoms with Gasteiger partial charge in [-0.25, -0.2) is 18.4 Å². The number of halogens is 2. The molecule has 288 valence electrons. The van der Waals surface area contributed by atoms with E-state index in [2.05, 4.69) is 35.2 Å². The summed E-state index contributed by atoms with van der Waals surface area (Å²) < 4.78 is 46.7. The number of anilines is 2. The molecule has 2 atom stereocenters. The van der Waals surface area contributed by atoms with E-state index in [4.69, 9.17) is 24.2 Å². The van der Waals surface area contributed by atoms with E-state index in [1.807, 2.05) is 53.4 Å². The number of likely N-dealkylation sites (tertiary alicyclic amines) is 1. The Labute approximate surface area is 319 Å². The molecular formula is C41H45F2N7O5. The van der Waals surface area contributed by atoms with Gasteiger partial charge in [0.05, 0.1) is 43.4 Å². The molecule has 3 aliphatic rings. The molecule has 0 aliphatic carbocycles. The fourth-order valence-corrected chi connectivity index (χ4v) is 7.53. The van der Waals surface area contributed by atoms with Gasteiger partial charge in [0.2, 0.25) is 0 Å². The fourth-order valence-electron chi connectivity index (χ4n) is 7.53. The van der Waals surface area contributed by atoms with Crippen molar-refractivity contribution < 1.29 is 32.6 Å². The molecule has 7 rings (SSSR count).